The second kappa shape index (κ2) is 6.74. The minimum Gasteiger partial charge on any atom is -0.393 e. The molecule has 0 aliphatic rings. The molecule has 1 aromatic rings. The molecule has 2 unspecified atom stereocenters. The Balaban J connectivity index is 2.81. The number of nitrogens with zero attached hydrogens (tertiary/aromatic N) is 1. The van der Waals surface area contributed by atoms with E-state index in [4.69, 9.17) is 17.3 Å². The van der Waals surface area contributed by atoms with Gasteiger partial charge in [0.05, 0.1) is 4.99 Å². The molecule has 2 atom stereocenters. The van der Waals surface area contributed by atoms with E-state index < -0.39 is 17.1 Å². The molecule has 0 heterocycles. The highest BCUT2D eigenvalue weighted by molar-refractivity contribution is 7.80. The van der Waals surface area contributed by atoms with Crippen LogP contribution in [0.2, 0.25) is 5.02 Å². The molecular weight excluding hydrogens is 309 g/mol. The van der Waals surface area contributed by atoms with Crippen molar-refractivity contribution in [3.63, 3.8) is 0 Å². The maximum atomic E-state index is 12.8. The van der Waals surface area contributed by atoms with Gasteiger partial charge in [0.15, 0.2) is 0 Å². The van der Waals surface area contributed by atoms with Crippen LogP contribution in [0.15, 0.2) is 24.3 Å². The smallest absolute Gasteiger partial charge is 0.393 e. The summed E-state index contributed by atoms with van der Waals surface area (Å²) in [4.78, 5) is 1.04. The number of halogens is 4. The number of thiocarbonyl (C=S) groups is 1. The first kappa shape index (κ1) is 17.2. The number of alkyl halides is 3. The quantitative estimate of drug-likeness (QED) is 0.835. The number of hydrogen-bond donors (Lipinski definition) is 1. The summed E-state index contributed by atoms with van der Waals surface area (Å²) in [6.07, 6.45) is -4.43. The zero-order valence-corrected chi connectivity index (χ0v) is 12.7. The van der Waals surface area contributed by atoms with E-state index in [1.54, 1.807) is 36.2 Å². The van der Waals surface area contributed by atoms with Crippen molar-refractivity contribution < 1.29 is 13.2 Å². The number of benzene rings is 1. The van der Waals surface area contributed by atoms with Crippen LogP contribution >= 0.6 is 23.8 Å². The molecule has 0 saturated heterocycles. The number of nitrogens with two attached hydrogens (primary N) is 1. The molecule has 0 spiro atoms. The first-order valence-electron chi connectivity index (χ1n) is 5.94. The van der Waals surface area contributed by atoms with E-state index in [-0.39, 0.29) is 12.6 Å². The maximum Gasteiger partial charge on any atom is 0.399 e. The van der Waals surface area contributed by atoms with Crippen molar-refractivity contribution in [3.05, 3.63) is 34.9 Å². The van der Waals surface area contributed by atoms with Gasteiger partial charge in [-0.1, -0.05) is 36.0 Å². The lowest BCUT2D eigenvalue weighted by atomic mass is 10.0. The summed E-state index contributed by atoms with van der Waals surface area (Å²) in [5.74, 6) is -1.81. The first-order valence-corrected chi connectivity index (χ1v) is 6.73. The van der Waals surface area contributed by atoms with Crippen LogP contribution in [-0.4, -0.2) is 29.7 Å². The highest BCUT2D eigenvalue weighted by Gasteiger charge is 2.42. The lowest BCUT2D eigenvalue weighted by molar-refractivity contribution is -0.159. The molecule has 1 aromatic carbocycles. The molecule has 0 fully saturated rings. The van der Waals surface area contributed by atoms with Gasteiger partial charge in [0, 0.05) is 17.6 Å². The van der Waals surface area contributed by atoms with E-state index in [9.17, 15) is 13.2 Å². The minimum atomic E-state index is -4.43. The number of hydrogen-bond acceptors (Lipinski definition) is 2. The van der Waals surface area contributed by atoms with Crippen LogP contribution in [0.1, 0.15) is 18.5 Å². The lowest BCUT2D eigenvalue weighted by Gasteiger charge is -2.30. The Kier molecular flexibility index (Phi) is 5.79. The van der Waals surface area contributed by atoms with E-state index in [0.717, 1.165) is 5.56 Å². The predicted molar refractivity (Wildman–Crippen MR) is 78.8 cm³/mol. The highest BCUT2D eigenvalue weighted by atomic mass is 35.5. The summed E-state index contributed by atoms with van der Waals surface area (Å²) in [7, 11) is 1.61. The molecule has 0 bridgehead atoms. The van der Waals surface area contributed by atoms with Crippen LogP contribution in [0.3, 0.4) is 0 Å². The van der Waals surface area contributed by atoms with E-state index in [2.05, 4.69) is 12.2 Å². The summed E-state index contributed by atoms with van der Waals surface area (Å²) >= 11 is 10.3. The van der Waals surface area contributed by atoms with Gasteiger partial charge in [-0.25, -0.2) is 0 Å². The van der Waals surface area contributed by atoms with Crippen molar-refractivity contribution in [1.82, 2.24) is 4.90 Å². The summed E-state index contributed by atoms with van der Waals surface area (Å²) in [6, 6.07) is 6.78. The van der Waals surface area contributed by atoms with Gasteiger partial charge in [-0.15, -0.1) is 0 Å². The van der Waals surface area contributed by atoms with Gasteiger partial charge in [-0.2, -0.15) is 13.2 Å². The zero-order valence-electron chi connectivity index (χ0n) is 11.1. The standard InChI is InChI=1S/C13H16ClF3N2S/c1-8(9-3-5-10(14)6-4-9)19(2)7-11(12(18)20)13(15,16)17/h3-6,8,11H,7H2,1-2H3,(H2,18,20). The molecule has 0 saturated carbocycles. The molecule has 112 valence electrons. The topological polar surface area (TPSA) is 29.3 Å². The molecule has 2 N–H and O–H groups in total. The molecule has 7 heteroatoms. The van der Waals surface area contributed by atoms with Gasteiger partial charge in [0.1, 0.15) is 5.92 Å². The van der Waals surface area contributed by atoms with E-state index >= 15 is 0 Å². The zero-order chi connectivity index (χ0) is 15.5. The van der Waals surface area contributed by atoms with Gasteiger partial charge in [0.25, 0.3) is 0 Å². The fourth-order valence-corrected chi connectivity index (χ4v) is 2.13. The summed E-state index contributed by atoms with van der Waals surface area (Å²) < 4.78 is 38.5. The Bertz CT molecular complexity index is 462. The monoisotopic (exact) mass is 324 g/mol. The third-order valence-corrected chi connectivity index (χ3v) is 3.76. The highest BCUT2D eigenvalue weighted by Crippen LogP contribution is 2.29. The lowest BCUT2D eigenvalue weighted by Crippen LogP contribution is -2.43. The number of rotatable bonds is 5. The Hall–Kier alpha value is -0.850. The van der Waals surface area contributed by atoms with Gasteiger partial charge in [0.2, 0.25) is 0 Å². The fraction of sp³-hybridized carbons (Fsp3) is 0.462. The Morgan fingerprint density at radius 3 is 2.25 bits per heavy atom. The normalized spacial score (nSPS) is 15.2. The van der Waals surface area contributed by atoms with Crippen LogP contribution < -0.4 is 5.73 Å². The van der Waals surface area contributed by atoms with Crippen molar-refractivity contribution >= 4 is 28.8 Å². The molecule has 2 nitrogen and oxygen atoms in total. The van der Waals surface area contributed by atoms with Crippen LogP contribution in [-0.2, 0) is 0 Å². The first-order chi connectivity index (χ1) is 9.12. The largest absolute Gasteiger partial charge is 0.399 e. The summed E-state index contributed by atoms with van der Waals surface area (Å²) in [6.45, 7) is 1.54. The minimum absolute atomic E-state index is 0.202. The average Bonchev–Trinajstić information content (AvgIpc) is 2.33. The van der Waals surface area contributed by atoms with E-state index in [1.807, 2.05) is 6.92 Å². The molecule has 1 rings (SSSR count). The molecule has 20 heavy (non-hydrogen) atoms. The maximum absolute atomic E-state index is 12.8. The SMILES string of the molecule is CC(c1ccc(Cl)cc1)N(C)CC(C(N)=S)C(F)(F)F. The molecule has 0 amide bonds. The molecular formula is C13H16ClF3N2S. The molecule has 0 aromatic heterocycles. The molecule has 0 aliphatic heterocycles. The van der Waals surface area contributed by atoms with Crippen molar-refractivity contribution in [2.75, 3.05) is 13.6 Å². The molecule has 0 aliphatic carbocycles. The van der Waals surface area contributed by atoms with Crippen molar-refractivity contribution in [1.29, 1.82) is 0 Å². The van der Waals surface area contributed by atoms with E-state index in [0.29, 0.717) is 5.02 Å². The van der Waals surface area contributed by atoms with Crippen molar-refractivity contribution in [2.45, 2.75) is 19.1 Å². The third kappa shape index (κ3) is 4.61. The van der Waals surface area contributed by atoms with Gasteiger partial charge < -0.3 is 5.73 Å². The van der Waals surface area contributed by atoms with Crippen LogP contribution in [0.25, 0.3) is 0 Å². The Morgan fingerprint density at radius 1 is 1.35 bits per heavy atom. The van der Waals surface area contributed by atoms with Crippen molar-refractivity contribution in [2.24, 2.45) is 11.7 Å². The average molecular weight is 325 g/mol. The summed E-state index contributed by atoms with van der Waals surface area (Å²) in [5, 5.41) is 0.583. The van der Waals surface area contributed by atoms with E-state index in [1.165, 1.54) is 0 Å². The van der Waals surface area contributed by atoms with Crippen LogP contribution in [0.4, 0.5) is 13.2 Å². The second-order valence-corrected chi connectivity index (χ2v) is 5.57. The van der Waals surface area contributed by atoms with Crippen molar-refractivity contribution in [3.8, 4) is 0 Å². The van der Waals surface area contributed by atoms with Gasteiger partial charge in [-0.05, 0) is 31.7 Å². The Labute approximate surface area is 126 Å². The third-order valence-electron chi connectivity index (χ3n) is 3.22. The van der Waals surface area contributed by atoms with Crippen LogP contribution in [0, 0.1) is 5.92 Å². The summed E-state index contributed by atoms with van der Waals surface area (Å²) in [5.41, 5.74) is 6.07. The second-order valence-electron chi connectivity index (χ2n) is 4.66. The Morgan fingerprint density at radius 2 is 1.85 bits per heavy atom. The molecule has 0 radical (unpaired) electrons. The fourth-order valence-electron chi connectivity index (χ4n) is 1.80. The van der Waals surface area contributed by atoms with Gasteiger partial charge >= 0.3 is 6.18 Å². The van der Waals surface area contributed by atoms with Crippen LogP contribution in [0.5, 0.6) is 0 Å². The van der Waals surface area contributed by atoms with Gasteiger partial charge in [-0.3, -0.25) is 4.90 Å². The predicted octanol–water partition coefficient (Wildman–Crippen LogP) is 3.80.